The lowest BCUT2D eigenvalue weighted by Crippen LogP contribution is -2.29. The molecular weight excluding hydrogens is 362 g/mol. The second-order valence-electron chi connectivity index (χ2n) is 6.85. The van der Waals surface area contributed by atoms with Crippen molar-refractivity contribution in [2.75, 3.05) is 18.4 Å². The van der Waals surface area contributed by atoms with E-state index in [2.05, 4.69) is 10.3 Å². The lowest BCUT2D eigenvalue weighted by molar-refractivity contribution is -0.128. The first kappa shape index (κ1) is 17.6. The van der Waals surface area contributed by atoms with Crippen LogP contribution in [0, 0.1) is 5.92 Å². The number of anilines is 1. The van der Waals surface area contributed by atoms with Crippen molar-refractivity contribution >= 4 is 40.0 Å². The van der Waals surface area contributed by atoms with E-state index in [9.17, 15) is 9.59 Å². The Morgan fingerprint density at radius 3 is 2.85 bits per heavy atom. The van der Waals surface area contributed by atoms with E-state index in [0.29, 0.717) is 18.1 Å². The largest absolute Gasteiger partial charge is 0.361 e. The van der Waals surface area contributed by atoms with Crippen molar-refractivity contribution in [1.29, 1.82) is 0 Å². The van der Waals surface area contributed by atoms with Gasteiger partial charge in [-0.1, -0.05) is 29.8 Å². The van der Waals surface area contributed by atoms with Crippen molar-refractivity contribution in [1.82, 2.24) is 9.88 Å². The van der Waals surface area contributed by atoms with E-state index in [1.54, 1.807) is 4.90 Å². The number of carbonyl (C=O) groups excluding carboxylic acids is 2. The third kappa shape index (κ3) is 3.83. The van der Waals surface area contributed by atoms with Gasteiger partial charge in [0.15, 0.2) is 0 Å². The summed E-state index contributed by atoms with van der Waals surface area (Å²) in [6, 6.07) is 15.1. The molecular formula is C21H20ClN3O2. The van der Waals surface area contributed by atoms with Crippen LogP contribution in [0.4, 0.5) is 5.69 Å². The molecule has 6 heteroatoms. The van der Waals surface area contributed by atoms with E-state index in [1.807, 2.05) is 54.7 Å². The molecule has 1 aromatic heterocycles. The molecule has 1 fully saturated rings. The highest BCUT2D eigenvalue weighted by Gasteiger charge is 2.34. The molecule has 0 unspecified atom stereocenters. The molecule has 1 atom stereocenters. The molecule has 2 amide bonds. The molecule has 0 spiro atoms. The highest BCUT2D eigenvalue weighted by atomic mass is 35.5. The number of benzene rings is 2. The van der Waals surface area contributed by atoms with Crippen molar-refractivity contribution in [3.05, 3.63) is 65.3 Å². The Morgan fingerprint density at radius 1 is 1.22 bits per heavy atom. The van der Waals surface area contributed by atoms with E-state index in [0.717, 1.165) is 28.6 Å². The Morgan fingerprint density at radius 2 is 2.04 bits per heavy atom. The van der Waals surface area contributed by atoms with Gasteiger partial charge in [0, 0.05) is 47.3 Å². The molecule has 2 N–H and O–H groups in total. The first-order chi connectivity index (χ1) is 13.1. The quantitative estimate of drug-likeness (QED) is 0.705. The Bertz CT molecular complexity index is 984. The van der Waals surface area contributed by atoms with Gasteiger partial charge < -0.3 is 15.2 Å². The molecule has 0 saturated carbocycles. The van der Waals surface area contributed by atoms with Crippen LogP contribution in [0.15, 0.2) is 54.7 Å². The van der Waals surface area contributed by atoms with E-state index < -0.39 is 0 Å². The second kappa shape index (κ2) is 7.45. The van der Waals surface area contributed by atoms with Crippen molar-refractivity contribution in [3.8, 4) is 0 Å². The van der Waals surface area contributed by atoms with Gasteiger partial charge >= 0.3 is 0 Å². The minimum absolute atomic E-state index is 0.0288. The molecule has 2 aromatic carbocycles. The zero-order chi connectivity index (χ0) is 18.8. The molecule has 2 heterocycles. The Hall–Kier alpha value is -2.79. The number of hydrogen-bond acceptors (Lipinski definition) is 2. The van der Waals surface area contributed by atoms with Gasteiger partial charge in [0.2, 0.25) is 11.8 Å². The van der Waals surface area contributed by atoms with Gasteiger partial charge in [-0.3, -0.25) is 9.59 Å². The zero-order valence-electron chi connectivity index (χ0n) is 14.7. The van der Waals surface area contributed by atoms with Crippen molar-refractivity contribution in [2.24, 2.45) is 5.92 Å². The first-order valence-corrected chi connectivity index (χ1v) is 9.37. The summed E-state index contributed by atoms with van der Waals surface area (Å²) in [7, 11) is 0. The molecule has 5 nitrogen and oxygen atoms in total. The molecule has 1 aliphatic heterocycles. The first-order valence-electron chi connectivity index (χ1n) is 8.99. The zero-order valence-corrected chi connectivity index (χ0v) is 15.5. The van der Waals surface area contributed by atoms with Crippen LogP contribution >= 0.6 is 11.6 Å². The van der Waals surface area contributed by atoms with Crippen LogP contribution in [0.1, 0.15) is 12.0 Å². The van der Waals surface area contributed by atoms with Gasteiger partial charge in [0.05, 0.1) is 5.92 Å². The minimum atomic E-state index is -0.310. The summed E-state index contributed by atoms with van der Waals surface area (Å²) in [5.74, 6) is -0.382. The number of hydrogen-bond donors (Lipinski definition) is 2. The van der Waals surface area contributed by atoms with Gasteiger partial charge in [-0.25, -0.2) is 0 Å². The fourth-order valence-electron chi connectivity index (χ4n) is 3.54. The number of para-hydroxylation sites is 1. The topological polar surface area (TPSA) is 65.2 Å². The van der Waals surface area contributed by atoms with E-state index in [1.165, 1.54) is 0 Å². The van der Waals surface area contributed by atoms with Crippen LogP contribution in [0.25, 0.3) is 10.9 Å². The summed E-state index contributed by atoms with van der Waals surface area (Å²) in [4.78, 5) is 29.8. The van der Waals surface area contributed by atoms with E-state index >= 15 is 0 Å². The highest BCUT2D eigenvalue weighted by molar-refractivity contribution is 6.31. The summed E-state index contributed by atoms with van der Waals surface area (Å²) < 4.78 is 0. The summed E-state index contributed by atoms with van der Waals surface area (Å²) in [5.41, 5.74) is 2.91. The molecule has 3 aromatic rings. The monoisotopic (exact) mass is 381 g/mol. The number of likely N-dealkylation sites (tertiary alicyclic amines) is 1. The number of amides is 2. The van der Waals surface area contributed by atoms with Crippen LogP contribution in [0.3, 0.4) is 0 Å². The smallest absolute Gasteiger partial charge is 0.229 e. The molecule has 0 bridgehead atoms. The second-order valence-corrected chi connectivity index (χ2v) is 7.29. The highest BCUT2D eigenvalue weighted by Crippen LogP contribution is 2.24. The average Bonchev–Trinajstić information content (AvgIpc) is 3.24. The number of aromatic nitrogens is 1. The number of nitrogens with zero attached hydrogens (tertiary/aromatic N) is 1. The van der Waals surface area contributed by atoms with Crippen LogP contribution in [0.2, 0.25) is 5.02 Å². The van der Waals surface area contributed by atoms with Crippen molar-refractivity contribution in [3.63, 3.8) is 0 Å². The molecule has 1 aliphatic rings. The number of halogens is 1. The SMILES string of the molecule is O=C(Nc1ccccc1)[C@H]1CC(=O)N(CCc2c[nH]c3ccc(Cl)cc23)C1. The maximum absolute atomic E-state index is 12.4. The van der Waals surface area contributed by atoms with Crippen molar-refractivity contribution in [2.45, 2.75) is 12.8 Å². The molecule has 0 radical (unpaired) electrons. The summed E-state index contributed by atoms with van der Waals surface area (Å²) in [6.45, 7) is 1.05. The molecule has 138 valence electrons. The molecule has 1 saturated heterocycles. The molecule has 4 rings (SSSR count). The van der Waals surface area contributed by atoms with Crippen LogP contribution < -0.4 is 5.32 Å². The van der Waals surface area contributed by atoms with Gasteiger partial charge in [-0.15, -0.1) is 0 Å². The lowest BCUT2D eigenvalue weighted by Gasteiger charge is -2.16. The number of aromatic amines is 1. The van der Waals surface area contributed by atoms with E-state index in [4.69, 9.17) is 11.6 Å². The van der Waals surface area contributed by atoms with Crippen molar-refractivity contribution < 1.29 is 9.59 Å². The van der Waals surface area contributed by atoms with Gasteiger partial charge in [-0.2, -0.15) is 0 Å². The number of fused-ring (bicyclic) bond motifs is 1. The Labute approximate surface area is 162 Å². The standard InChI is InChI=1S/C21H20ClN3O2/c22-16-6-7-19-18(11-16)14(12-23-19)8-9-25-13-15(10-20(25)26)21(27)24-17-4-2-1-3-5-17/h1-7,11-12,15,23H,8-10,13H2,(H,24,27)/t15-/m0/s1. The predicted molar refractivity (Wildman–Crippen MR) is 107 cm³/mol. The number of rotatable bonds is 5. The fraction of sp³-hybridized carbons (Fsp3) is 0.238. The van der Waals surface area contributed by atoms with Crippen LogP contribution in [-0.2, 0) is 16.0 Å². The van der Waals surface area contributed by atoms with E-state index in [-0.39, 0.29) is 24.2 Å². The van der Waals surface area contributed by atoms with Crippen LogP contribution in [0.5, 0.6) is 0 Å². The number of nitrogens with one attached hydrogen (secondary N) is 2. The molecule has 0 aliphatic carbocycles. The number of carbonyl (C=O) groups is 2. The maximum Gasteiger partial charge on any atom is 0.229 e. The predicted octanol–water partition coefficient (Wildman–Crippen LogP) is 3.85. The summed E-state index contributed by atoms with van der Waals surface area (Å²) in [5, 5.41) is 4.66. The lowest BCUT2D eigenvalue weighted by atomic mass is 10.1. The fourth-order valence-corrected chi connectivity index (χ4v) is 3.71. The average molecular weight is 382 g/mol. The van der Waals surface area contributed by atoms with Gasteiger partial charge in [0.25, 0.3) is 0 Å². The third-order valence-electron chi connectivity index (χ3n) is 5.01. The van der Waals surface area contributed by atoms with Crippen LogP contribution in [-0.4, -0.2) is 34.8 Å². The maximum atomic E-state index is 12.4. The summed E-state index contributed by atoms with van der Waals surface area (Å²) >= 11 is 6.10. The summed E-state index contributed by atoms with van der Waals surface area (Å²) in [6.07, 6.45) is 2.94. The van der Waals surface area contributed by atoms with Gasteiger partial charge in [-0.05, 0) is 42.3 Å². The Balaban J connectivity index is 1.38. The van der Waals surface area contributed by atoms with Gasteiger partial charge in [0.1, 0.15) is 0 Å². The Kier molecular flexibility index (Phi) is 4.86. The number of H-pyrrole nitrogens is 1. The molecule has 27 heavy (non-hydrogen) atoms. The normalized spacial score (nSPS) is 16.9. The third-order valence-corrected chi connectivity index (χ3v) is 5.24. The minimum Gasteiger partial charge on any atom is -0.361 e.